The fourth-order valence-electron chi connectivity index (χ4n) is 2.83. The molecule has 1 amide bonds. The van der Waals surface area contributed by atoms with Crippen molar-refractivity contribution < 1.29 is 22.7 Å². The van der Waals surface area contributed by atoms with Gasteiger partial charge < -0.3 is 10.1 Å². The van der Waals surface area contributed by atoms with E-state index in [9.17, 15) is 18.0 Å². The molecule has 0 aliphatic heterocycles. The maximum Gasteiger partial charge on any atom is 0.340 e. The first-order valence-electron chi connectivity index (χ1n) is 7.97. The number of hydrogen-bond acceptors (Lipinski definition) is 5. The van der Waals surface area contributed by atoms with Crippen LogP contribution in [0.5, 0.6) is 0 Å². The van der Waals surface area contributed by atoms with Gasteiger partial charge in [-0.1, -0.05) is 31.4 Å². The van der Waals surface area contributed by atoms with Crippen molar-refractivity contribution in [2.24, 2.45) is 11.1 Å². The number of benzene rings is 1. The number of rotatable bonds is 5. The summed E-state index contributed by atoms with van der Waals surface area (Å²) in [6.07, 6.45) is 4.18. The zero-order chi connectivity index (χ0) is 18.6. The van der Waals surface area contributed by atoms with Crippen LogP contribution in [0.3, 0.4) is 0 Å². The van der Waals surface area contributed by atoms with Crippen LogP contribution >= 0.6 is 11.6 Å². The third-order valence-corrected chi connectivity index (χ3v) is 5.52. The smallest absolute Gasteiger partial charge is 0.340 e. The molecule has 3 N–H and O–H groups in total. The van der Waals surface area contributed by atoms with Gasteiger partial charge in [-0.3, -0.25) is 4.79 Å². The van der Waals surface area contributed by atoms with Gasteiger partial charge in [-0.2, -0.15) is 0 Å². The van der Waals surface area contributed by atoms with Gasteiger partial charge in [-0.25, -0.2) is 18.4 Å². The number of nitrogens with two attached hydrogens (primary N) is 1. The first kappa shape index (κ1) is 19.7. The van der Waals surface area contributed by atoms with Gasteiger partial charge in [0.1, 0.15) is 0 Å². The van der Waals surface area contributed by atoms with Crippen molar-refractivity contribution in [3.8, 4) is 0 Å². The number of carbonyl (C=O) groups excluding carboxylic acids is 2. The molecule has 9 heteroatoms. The normalized spacial score (nSPS) is 20.8. The van der Waals surface area contributed by atoms with E-state index in [1.54, 1.807) is 0 Å². The average Bonchev–Trinajstić information content (AvgIpc) is 2.54. The van der Waals surface area contributed by atoms with Gasteiger partial charge in [0.2, 0.25) is 10.0 Å². The van der Waals surface area contributed by atoms with Crippen molar-refractivity contribution in [3.63, 3.8) is 0 Å². The molecular weight excluding hydrogens is 368 g/mol. The van der Waals surface area contributed by atoms with Crippen molar-refractivity contribution >= 4 is 33.5 Å². The lowest BCUT2D eigenvalue weighted by Gasteiger charge is -2.29. The zero-order valence-corrected chi connectivity index (χ0v) is 15.4. The van der Waals surface area contributed by atoms with Gasteiger partial charge in [-0.15, -0.1) is 0 Å². The summed E-state index contributed by atoms with van der Waals surface area (Å²) in [5.41, 5.74) is -0.160. The molecule has 7 nitrogen and oxygen atoms in total. The summed E-state index contributed by atoms with van der Waals surface area (Å²) in [6, 6.07) is 3.53. The largest absolute Gasteiger partial charge is 0.452 e. The topological polar surface area (TPSA) is 116 Å². The van der Waals surface area contributed by atoms with Crippen LogP contribution in [-0.2, 0) is 19.6 Å². The number of carbonyl (C=O) groups is 2. The summed E-state index contributed by atoms with van der Waals surface area (Å²) < 4.78 is 27.7. The molecule has 138 valence electrons. The first-order valence-corrected chi connectivity index (χ1v) is 9.89. The maximum absolute atomic E-state index is 12.1. The predicted molar refractivity (Wildman–Crippen MR) is 92.7 cm³/mol. The minimum Gasteiger partial charge on any atom is -0.452 e. The van der Waals surface area contributed by atoms with Crippen LogP contribution in [0.1, 0.15) is 43.0 Å². The summed E-state index contributed by atoms with van der Waals surface area (Å²) in [4.78, 5) is 23.8. The van der Waals surface area contributed by atoms with Crippen LogP contribution in [0.4, 0.5) is 0 Å². The standard InChI is InChI=1S/C16H21ClN2O5S/c1-10-4-2-3-5-14(10)19-15(20)9-24-16(21)12-8-11(25(18,22)23)6-7-13(12)17/h6-8,10,14H,2-5,9H2,1H3,(H,19,20)(H2,18,22,23). The number of esters is 1. The molecule has 0 saturated heterocycles. The molecule has 0 bridgehead atoms. The van der Waals surface area contributed by atoms with E-state index in [1.165, 1.54) is 12.1 Å². The van der Waals surface area contributed by atoms with E-state index in [4.69, 9.17) is 21.5 Å². The molecule has 1 aliphatic rings. The minimum atomic E-state index is -3.98. The van der Waals surface area contributed by atoms with Gasteiger partial charge >= 0.3 is 5.97 Å². The number of sulfonamides is 1. The van der Waals surface area contributed by atoms with Crippen LogP contribution in [0.15, 0.2) is 23.1 Å². The van der Waals surface area contributed by atoms with Crippen molar-refractivity contribution in [3.05, 3.63) is 28.8 Å². The molecule has 2 unspecified atom stereocenters. The summed E-state index contributed by atoms with van der Waals surface area (Å²) in [5.74, 6) is -0.901. The Morgan fingerprint density at radius 2 is 2.00 bits per heavy atom. The molecule has 2 atom stereocenters. The van der Waals surface area contributed by atoms with E-state index < -0.39 is 28.5 Å². The molecule has 0 aromatic heterocycles. The molecule has 1 aliphatic carbocycles. The third-order valence-electron chi connectivity index (χ3n) is 4.28. The van der Waals surface area contributed by atoms with Crippen molar-refractivity contribution in [1.29, 1.82) is 0 Å². The van der Waals surface area contributed by atoms with Crippen molar-refractivity contribution in [2.45, 2.75) is 43.5 Å². The Hall–Kier alpha value is -1.64. The maximum atomic E-state index is 12.1. The quantitative estimate of drug-likeness (QED) is 0.746. The molecule has 0 heterocycles. The van der Waals surface area contributed by atoms with E-state index in [0.29, 0.717) is 5.92 Å². The Morgan fingerprint density at radius 1 is 1.32 bits per heavy atom. The summed E-state index contributed by atoms with van der Waals surface area (Å²) in [6.45, 7) is 1.62. The lowest BCUT2D eigenvalue weighted by atomic mass is 9.86. The lowest BCUT2D eigenvalue weighted by molar-refractivity contribution is -0.125. The van der Waals surface area contributed by atoms with Crippen LogP contribution in [0, 0.1) is 5.92 Å². The number of primary sulfonamides is 1. The highest BCUT2D eigenvalue weighted by Gasteiger charge is 2.23. The van der Waals surface area contributed by atoms with Crippen molar-refractivity contribution in [1.82, 2.24) is 5.32 Å². The monoisotopic (exact) mass is 388 g/mol. The molecule has 1 aromatic carbocycles. The molecule has 1 fully saturated rings. The fourth-order valence-corrected chi connectivity index (χ4v) is 3.56. The highest BCUT2D eigenvalue weighted by molar-refractivity contribution is 7.89. The van der Waals surface area contributed by atoms with E-state index in [1.807, 2.05) is 0 Å². The zero-order valence-electron chi connectivity index (χ0n) is 13.8. The van der Waals surface area contributed by atoms with E-state index in [-0.39, 0.29) is 21.5 Å². The SMILES string of the molecule is CC1CCCCC1NC(=O)COC(=O)c1cc(S(N)(=O)=O)ccc1Cl. The molecular formula is C16H21ClN2O5S. The van der Waals surface area contributed by atoms with E-state index in [2.05, 4.69) is 12.2 Å². The van der Waals surface area contributed by atoms with Crippen LogP contribution in [-0.4, -0.2) is 32.9 Å². The van der Waals surface area contributed by atoms with Gasteiger partial charge in [0.15, 0.2) is 6.61 Å². The predicted octanol–water partition coefficient (Wildman–Crippen LogP) is 1.84. The van der Waals surface area contributed by atoms with Gasteiger partial charge in [-0.05, 0) is 37.0 Å². The number of nitrogens with one attached hydrogen (secondary N) is 1. The summed E-state index contributed by atoms with van der Waals surface area (Å²) in [7, 11) is -3.98. The highest BCUT2D eigenvalue weighted by Crippen LogP contribution is 2.24. The second kappa shape index (κ2) is 8.16. The lowest BCUT2D eigenvalue weighted by Crippen LogP contribution is -2.42. The van der Waals surface area contributed by atoms with Gasteiger partial charge in [0.05, 0.1) is 15.5 Å². The van der Waals surface area contributed by atoms with Gasteiger partial charge in [0, 0.05) is 6.04 Å². The summed E-state index contributed by atoms with van der Waals surface area (Å²) in [5, 5.41) is 7.90. The number of ether oxygens (including phenoxy) is 1. The highest BCUT2D eigenvalue weighted by atomic mass is 35.5. The third kappa shape index (κ3) is 5.42. The van der Waals surface area contributed by atoms with Crippen LogP contribution in [0.2, 0.25) is 5.02 Å². The Labute approximate surface area is 151 Å². The molecule has 2 rings (SSSR count). The van der Waals surface area contributed by atoms with Crippen LogP contribution in [0.25, 0.3) is 0 Å². The minimum absolute atomic E-state index is 0.0127. The molecule has 1 saturated carbocycles. The number of hydrogen-bond donors (Lipinski definition) is 2. The molecule has 0 radical (unpaired) electrons. The Kier molecular flexibility index (Phi) is 6.42. The summed E-state index contributed by atoms with van der Waals surface area (Å²) >= 11 is 5.89. The molecule has 0 spiro atoms. The molecule has 1 aromatic rings. The first-order chi connectivity index (χ1) is 11.7. The number of amides is 1. The van der Waals surface area contributed by atoms with Crippen molar-refractivity contribution in [2.75, 3.05) is 6.61 Å². The second-order valence-electron chi connectivity index (χ2n) is 6.20. The molecule has 25 heavy (non-hydrogen) atoms. The number of halogens is 1. The fraction of sp³-hybridized carbons (Fsp3) is 0.500. The Bertz CT molecular complexity index is 766. The average molecular weight is 389 g/mol. The van der Waals surface area contributed by atoms with Gasteiger partial charge in [0.25, 0.3) is 5.91 Å². The van der Waals surface area contributed by atoms with E-state index >= 15 is 0 Å². The second-order valence-corrected chi connectivity index (χ2v) is 8.17. The van der Waals surface area contributed by atoms with Crippen LogP contribution < -0.4 is 10.5 Å². The Balaban J connectivity index is 1.97. The van der Waals surface area contributed by atoms with E-state index in [0.717, 1.165) is 31.7 Å². The Morgan fingerprint density at radius 3 is 2.64 bits per heavy atom.